The summed E-state index contributed by atoms with van der Waals surface area (Å²) in [5.41, 5.74) is 2.18. The number of fused-ring (bicyclic) bond motifs is 1. The Morgan fingerprint density at radius 3 is 2.46 bits per heavy atom. The third kappa shape index (κ3) is 6.57. The lowest BCUT2D eigenvalue weighted by Gasteiger charge is -2.21. The van der Waals surface area contributed by atoms with E-state index in [1.54, 1.807) is 30.6 Å². The van der Waals surface area contributed by atoms with Crippen molar-refractivity contribution in [3.63, 3.8) is 0 Å². The van der Waals surface area contributed by atoms with Crippen LogP contribution in [-0.4, -0.2) is 38.3 Å². The molecule has 2 aromatic heterocycles. The van der Waals surface area contributed by atoms with Crippen LogP contribution in [0, 0.1) is 5.92 Å². The molecule has 0 saturated heterocycles. The molecule has 0 radical (unpaired) electrons. The van der Waals surface area contributed by atoms with Gasteiger partial charge in [0.15, 0.2) is 0 Å². The van der Waals surface area contributed by atoms with Crippen LogP contribution in [-0.2, 0) is 11.0 Å². The van der Waals surface area contributed by atoms with Crippen molar-refractivity contribution in [2.45, 2.75) is 38.9 Å². The molecule has 0 spiro atoms. The Morgan fingerprint density at radius 1 is 1.08 bits per heavy atom. The summed E-state index contributed by atoms with van der Waals surface area (Å²) in [4.78, 5) is 27.2. The fraction of sp³-hybridized carbons (Fsp3) is 0.286. The van der Waals surface area contributed by atoms with Crippen LogP contribution in [0.2, 0.25) is 5.02 Å². The Bertz CT molecular complexity index is 1500. The number of carbonyl (C=O) groups is 2. The zero-order valence-electron chi connectivity index (χ0n) is 21.2. The van der Waals surface area contributed by atoms with E-state index < -0.39 is 23.6 Å². The number of rotatable bonds is 9. The summed E-state index contributed by atoms with van der Waals surface area (Å²) < 4.78 is 41.0. The van der Waals surface area contributed by atoms with Gasteiger partial charge in [0, 0.05) is 28.7 Å². The average Bonchev–Trinajstić information content (AvgIpc) is 3.29. The number of alkyl halides is 3. The predicted molar refractivity (Wildman–Crippen MR) is 142 cm³/mol. The lowest BCUT2D eigenvalue weighted by atomic mass is 9.97. The highest BCUT2D eigenvalue weighted by molar-refractivity contribution is 6.33. The van der Waals surface area contributed by atoms with Gasteiger partial charge in [-0.1, -0.05) is 43.6 Å². The highest BCUT2D eigenvalue weighted by Gasteiger charge is 2.31. The number of hydrogen-bond donors (Lipinski definition) is 2. The maximum absolute atomic E-state index is 13.0. The van der Waals surface area contributed by atoms with Crippen molar-refractivity contribution in [3.05, 3.63) is 82.8 Å². The standard InChI is InChI=1S/C28H26ClF3N4O3/c1-16(2)11-25(18-3-7-23(34-14-18)27(39)33-10-9-26(37)38)36-24-8-4-17(12-19(24)15-35-36)21-6-5-20(13-22(21)29)28(30,31)32/h3-8,12-16,25H,9-11H2,1-2H3,(H,33,39)(H,37,38). The van der Waals surface area contributed by atoms with Crippen LogP contribution in [0.4, 0.5) is 13.2 Å². The fourth-order valence-corrected chi connectivity index (χ4v) is 4.62. The molecular formula is C28H26ClF3N4O3. The van der Waals surface area contributed by atoms with Gasteiger partial charge < -0.3 is 10.4 Å². The van der Waals surface area contributed by atoms with Crippen molar-refractivity contribution in [1.82, 2.24) is 20.1 Å². The Hall–Kier alpha value is -3.92. The van der Waals surface area contributed by atoms with Gasteiger partial charge in [0.2, 0.25) is 0 Å². The molecule has 4 aromatic rings. The summed E-state index contributed by atoms with van der Waals surface area (Å²) in [5.74, 6) is -1.16. The molecule has 0 aliphatic rings. The van der Waals surface area contributed by atoms with E-state index in [1.165, 1.54) is 6.07 Å². The highest BCUT2D eigenvalue weighted by atomic mass is 35.5. The summed E-state index contributed by atoms with van der Waals surface area (Å²) >= 11 is 6.21. The van der Waals surface area contributed by atoms with Crippen molar-refractivity contribution in [1.29, 1.82) is 0 Å². The van der Waals surface area contributed by atoms with Gasteiger partial charge in [-0.15, -0.1) is 0 Å². The largest absolute Gasteiger partial charge is 0.481 e. The summed E-state index contributed by atoms with van der Waals surface area (Å²) in [6, 6.07) is 12.0. The first-order valence-electron chi connectivity index (χ1n) is 12.2. The molecule has 4 rings (SSSR count). The summed E-state index contributed by atoms with van der Waals surface area (Å²) in [6.45, 7) is 4.18. The number of carbonyl (C=O) groups excluding carboxylic acids is 1. The SMILES string of the molecule is CC(C)CC(c1ccc(C(=O)NCCC(=O)O)nc1)n1ncc2cc(-c3ccc(C(F)(F)F)cc3Cl)ccc21. The molecule has 1 amide bonds. The van der Waals surface area contributed by atoms with Gasteiger partial charge in [0.1, 0.15) is 5.69 Å². The number of hydrogen-bond acceptors (Lipinski definition) is 4. The normalized spacial score (nSPS) is 12.6. The number of aliphatic carboxylic acids is 1. The van der Waals surface area contributed by atoms with Gasteiger partial charge in [0.25, 0.3) is 5.91 Å². The van der Waals surface area contributed by atoms with E-state index in [0.29, 0.717) is 17.0 Å². The van der Waals surface area contributed by atoms with Crippen LogP contribution in [0.5, 0.6) is 0 Å². The number of carboxylic acids is 1. The van der Waals surface area contributed by atoms with Crippen molar-refractivity contribution in [3.8, 4) is 11.1 Å². The van der Waals surface area contributed by atoms with Crippen molar-refractivity contribution < 1.29 is 27.9 Å². The Balaban J connectivity index is 1.62. The zero-order chi connectivity index (χ0) is 28.3. The summed E-state index contributed by atoms with van der Waals surface area (Å²) in [7, 11) is 0. The molecule has 7 nitrogen and oxygen atoms in total. The molecule has 0 bridgehead atoms. The summed E-state index contributed by atoms with van der Waals surface area (Å²) in [6.07, 6.45) is -0.616. The molecule has 0 aliphatic carbocycles. The van der Waals surface area contributed by atoms with Crippen molar-refractivity contribution in [2.24, 2.45) is 5.92 Å². The summed E-state index contributed by atoms with van der Waals surface area (Å²) in [5, 5.41) is 16.7. The smallest absolute Gasteiger partial charge is 0.416 e. The van der Waals surface area contributed by atoms with Crippen LogP contribution >= 0.6 is 11.6 Å². The lowest BCUT2D eigenvalue weighted by molar-refractivity contribution is -0.138. The van der Waals surface area contributed by atoms with Crippen LogP contribution in [0.1, 0.15) is 54.3 Å². The van der Waals surface area contributed by atoms with E-state index >= 15 is 0 Å². The van der Waals surface area contributed by atoms with Gasteiger partial charge in [-0.25, -0.2) is 0 Å². The van der Waals surface area contributed by atoms with E-state index in [2.05, 4.69) is 29.2 Å². The number of nitrogens with one attached hydrogen (secondary N) is 1. The minimum atomic E-state index is -4.48. The van der Waals surface area contributed by atoms with Gasteiger partial charge in [-0.2, -0.15) is 18.3 Å². The van der Waals surface area contributed by atoms with Crippen LogP contribution in [0.25, 0.3) is 22.0 Å². The third-order valence-electron chi connectivity index (χ3n) is 6.22. The number of pyridine rings is 1. The quantitative estimate of drug-likeness (QED) is 0.241. The Labute approximate surface area is 227 Å². The monoisotopic (exact) mass is 558 g/mol. The molecule has 2 heterocycles. The van der Waals surface area contributed by atoms with Crippen molar-refractivity contribution in [2.75, 3.05) is 6.54 Å². The second-order valence-electron chi connectivity index (χ2n) is 9.58. The molecule has 0 saturated carbocycles. The van der Waals surface area contributed by atoms with E-state index in [-0.39, 0.29) is 29.7 Å². The number of benzene rings is 2. The molecular weight excluding hydrogens is 533 g/mol. The van der Waals surface area contributed by atoms with Crippen LogP contribution in [0.15, 0.2) is 60.9 Å². The molecule has 39 heavy (non-hydrogen) atoms. The molecule has 2 N–H and O–H groups in total. The minimum absolute atomic E-state index is 0.00647. The van der Waals surface area contributed by atoms with E-state index in [0.717, 1.165) is 35.0 Å². The zero-order valence-corrected chi connectivity index (χ0v) is 21.9. The Kier molecular flexibility index (Phi) is 8.25. The number of carboxylic acid groups (broad SMARTS) is 1. The topological polar surface area (TPSA) is 97.1 Å². The molecule has 204 valence electrons. The first-order valence-corrected chi connectivity index (χ1v) is 12.6. The number of aromatic nitrogens is 3. The van der Waals surface area contributed by atoms with Crippen LogP contribution < -0.4 is 5.32 Å². The molecule has 1 atom stereocenters. The van der Waals surface area contributed by atoms with E-state index in [1.807, 2.05) is 16.8 Å². The van der Waals surface area contributed by atoms with Crippen LogP contribution in [0.3, 0.4) is 0 Å². The second-order valence-corrected chi connectivity index (χ2v) is 9.98. The Morgan fingerprint density at radius 2 is 1.85 bits per heavy atom. The highest BCUT2D eigenvalue weighted by Crippen LogP contribution is 2.37. The lowest BCUT2D eigenvalue weighted by Crippen LogP contribution is -2.27. The second kappa shape index (κ2) is 11.4. The van der Waals surface area contributed by atoms with E-state index in [9.17, 15) is 22.8 Å². The number of amides is 1. The van der Waals surface area contributed by atoms with Gasteiger partial charge in [-0.05, 0) is 53.8 Å². The maximum Gasteiger partial charge on any atom is 0.416 e. The molecule has 2 aromatic carbocycles. The molecule has 1 unspecified atom stereocenters. The average molecular weight is 559 g/mol. The maximum atomic E-state index is 13.0. The first kappa shape index (κ1) is 28.1. The molecule has 0 fully saturated rings. The molecule has 0 aliphatic heterocycles. The van der Waals surface area contributed by atoms with Gasteiger partial charge >= 0.3 is 12.1 Å². The third-order valence-corrected chi connectivity index (χ3v) is 6.53. The van der Waals surface area contributed by atoms with Gasteiger partial charge in [-0.3, -0.25) is 19.3 Å². The number of nitrogens with zero attached hydrogens (tertiary/aromatic N) is 3. The number of halogens is 4. The fourth-order valence-electron chi connectivity index (χ4n) is 4.33. The minimum Gasteiger partial charge on any atom is -0.481 e. The van der Waals surface area contributed by atoms with Gasteiger partial charge in [0.05, 0.1) is 29.7 Å². The molecule has 11 heteroatoms. The van der Waals surface area contributed by atoms with Crippen molar-refractivity contribution >= 4 is 34.4 Å². The first-order chi connectivity index (χ1) is 18.4. The van der Waals surface area contributed by atoms with E-state index in [4.69, 9.17) is 16.7 Å². The predicted octanol–water partition coefficient (Wildman–Crippen LogP) is 6.61.